The number of aliphatic hydroxyl groups is 1. The maximum Gasteiger partial charge on any atom is 0.414 e. The van der Waals surface area contributed by atoms with Crippen LogP contribution in [0.1, 0.15) is 12.0 Å². The molecule has 35 heavy (non-hydrogen) atoms. The lowest BCUT2D eigenvalue weighted by atomic mass is 10.0. The molecule has 0 bridgehead atoms. The summed E-state index contributed by atoms with van der Waals surface area (Å²) in [5.41, 5.74) is 3.22. The molecule has 0 spiro atoms. The first-order valence-electron chi connectivity index (χ1n) is 11.4. The number of nitrogens with zero attached hydrogens (tertiary/aromatic N) is 3. The number of fused-ring (bicyclic) bond motifs is 1. The fourth-order valence-corrected chi connectivity index (χ4v) is 4.15. The van der Waals surface area contributed by atoms with E-state index in [1.165, 1.54) is 5.69 Å². The molecule has 1 fully saturated rings. The number of aliphatic carboxylic acids is 2. The molecule has 2 aliphatic rings. The Labute approximate surface area is 203 Å². The summed E-state index contributed by atoms with van der Waals surface area (Å²) >= 11 is 0. The van der Waals surface area contributed by atoms with E-state index in [0.717, 1.165) is 43.2 Å². The van der Waals surface area contributed by atoms with Gasteiger partial charge in [-0.1, -0.05) is 24.3 Å². The minimum atomic E-state index is -1.82. The van der Waals surface area contributed by atoms with Crippen LogP contribution in [0.25, 0.3) is 0 Å². The minimum Gasteiger partial charge on any atom is -0.490 e. The molecule has 0 aromatic heterocycles. The number of carbonyl (C=O) groups excluding carboxylic acids is 1. The monoisotopic (exact) mass is 485 g/mol. The summed E-state index contributed by atoms with van der Waals surface area (Å²) in [5.74, 6) is -2.75. The quantitative estimate of drug-likeness (QED) is 0.519. The van der Waals surface area contributed by atoms with Crippen molar-refractivity contribution < 1.29 is 34.4 Å². The molecule has 188 valence electrons. The van der Waals surface area contributed by atoms with Crippen LogP contribution in [0.3, 0.4) is 0 Å². The Morgan fingerprint density at radius 1 is 0.943 bits per heavy atom. The lowest BCUT2D eigenvalue weighted by Gasteiger charge is -2.36. The van der Waals surface area contributed by atoms with E-state index in [0.29, 0.717) is 19.4 Å². The normalized spacial score (nSPS) is 16.6. The van der Waals surface area contributed by atoms with Crippen molar-refractivity contribution in [2.75, 3.05) is 56.2 Å². The molecule has 2 heterocycles. The van der Waals surface area contributed by atoms with Crippen LogP contribution >= 0.6 is 0 Å². The minimum absolute atomic E-state index is 0.129. The van der Waals surface area contributed by atoms with Gasteiger partial charge in [-0.15, -0.1) is 0 Å². The molecule has 0 saturated carbocycles. The summed E-state index contributed by atoms with van der Waals surface area (Å²) in [6, 6.07) is 16.2. The van der Waals surface area contributed by atoms with E-state index < -0.39 is 18.0 Å². The number of amides is 1. The van der Waals surface area contributed by atoms with Gasteiger partial charge in [0, 0.05) is 57.4 Å². The highest BCUT2D eigenvalue weighted by Gasteiger charge is 2.24. The van der Waals surface area contributed by atoms with Gasteiger partial charge >= 0.3 is 11.9 Å². The van der Waals surface area contributed by atoms with E-state index in [1.807, 2.05) is 24.3 Å². The number of hydrogen-bond acceptors (Lipinski definition) is 7. The first-order chi connectivity index (χ1) is 16.8. The Balaban J connectivity index is 0.000000509. The van der Waals surface area contributed by atoms with Crippen LogP contribution in [0.2, 0.25) is 0 Å². The van der Waals surface area contributed by atoms with E-state index >= 15 is 0 Å². The van der Waals surface area contributed by atoms with Gasteiger partial charge in [-0.05, 0) is 30.7 Å². The maximum atomic E-state index is 11.9. The van der Waals surface area contributed by atoms with Crippen LogP contribution < -0.4 is 14.5 Å². The van der Waals surface area contributed by atoms with Crippen LogP contribution in [0, 0.1) is 0 Å². The number of carboxylic acid groups (broad SMARTS) is 2. The number of piperazine rings is 1. The molecular weight excluding hydrogens is 454 g/mol. The van der Waals surface area contributed by atoms with Gasteiger partial charge in [0.05, 0.1) is 5.69 Å². The Morgan fingerprint density at radius 3 is 2.23 bits per heavy atom. The van der Waals surface area contributed by atoms with Gasteiger partial charge in [-0.25, -0.2) is 9.59 Å². The van der Waals surface area contributed by atoms with Crippen molar-refractivity contribution in [2.45, 2.75) is 18.9 Å². The molecule has 1 amide bonds. The van der Waals surface area contributed by atoms with Crippen molar-refractivity contribution in [3.05, 3.63) is 54.1 Å². The molecule has 10 nitrogen and oxygen atoms in total. The highest BCUT2D eigenvalue weighted by Crippen LogP contribution is 2.34. The first-order valence-corrected chi connectivity index (χ1v) is 11.4. The van der Waals surface area contributed by atoms with Gasteiger partial charge in [0.25, 0.3) is 0 Å². The van der Waals surface area contributed by atoms with Crippen LogP contribution in [-0.4, -0.2) is 90.5 Å². The molecule has 4 rings (SSSR count). The van der Waals surface area contributed by atoms with Crippen molar-refractivity contribution in [1.29, 1.82) is 0 Å². The van der Waals surface area contributed by atoms with E-state index in [4.69, 9.17) is 24.5 Å². The highest BCUT2D eigenvalue weighted by atomic mass is 16.5. The smallest absolute Gasteiger partial charge is 0.414 e. The van der Waals surface area contributed by atoms with Gasteiger partial charge in [0.2, 0.25) is 5.91 Å². The third-order valence-corrected chi connectivity index (χ3v) is 6.01. The predicted octanol–water partition coefficient (Wildman–Crippen LogP) is 1.31. The number of para-hydroxylation sites is 1. The number of rotatable bonds is 6. The molecule has 3 N–H and O–H groups in total. The number of hydrogen-bond donors (Lipinski definition) is 3. The molecule has 0 radical (unpaired) electrons. The Kier molecular flexibility index (Phi) is 9.04. The van der Waals surface area contributed by atoms with Gasteiger partial charge in [0.1, 0.15) is 18.5 Å². The standard InChI is InChI=1S/C23H29N3O3.C2H2O4/c1-24-21-8-5-9-22(20(21)10-11-23(24)28)29-17-19(27)16-25-12-14-26(15-13-25)18-6-3-2-4-7-18;3-1(4)2(5)6/h2-9,19,27H,10-17H2,1H3;(H,3,4)(H,5,6). The van der Waals surface area contributed by atoms with Gasteiger partial charge in [0.15, 0.2) is 0 Å². The van der Waals surface area contributed by atoms with Crippen molar-refractivity contribution in [2.24, 2.45) is 0 Å². The van der Waals surface area contributed by atoms with Crippen LogP contribution in [0.5, 0.6) is 5.75 Å². The van der Waals surface area contributed by atoms with Gasteiger partial charge < -0.3 is 29.9 Å². The number of ether oxygens (including phenoxy) is 1. The summed E-state index contributed by atoms with van der Waals surface area (Å²) in [5, 5.41) is 25.3. The van der Waals surface area contributed by atoms with E-state index in [2.05, 4.69) is 34.1 Å². The largest absolute Gasteiger partial charge is 0.490 e. The zero-order valence-corrected chi connectivity index (χ0v) is 19.7. The average molecular weight is 486 g/mol. The number of carboxylic acids is 2. The second kappa shape index (κ2) is 12.2. The SMILES string of the molecule is CN1C(=O)CCc2c(OCC(O)CN3CCN(c4ccccc4)CC3)cccc21.O=C(O)C(=O)O. The summed E-state index contributed by atoms with van der Waals surface area (Å²) in [6.45, 7) is 4.65. The Morgan fingerprint density at radius 2 is 1.60 bits per heavy atom. The van der Waals surface area contributed by atoms with E-state index in [9.17, 15) is 9.90 Å². The fourth-order valence-electron chi connectivity index (χ4n) is 4.15. The summed E-state index contributed by atoms with van der Waals surface area (Å²) in [7, 11) is 1.80. The Hall–Kier alpha value is -3.63. The summed E-state index contributed by atoms with van der Waals surface area (Å²) in [4.78, 5) is 36.5. The molecule has 0 aliphatic carbocycles. The third-order valence-electron chi connectivity index (χ3n) is 6.01. The van der Waals surface area contributed by atoms with Crippen LogP contribution in [0.4, 0.5) is 11.4 Å². The molecule has 2 aliphatic heterocycles. The topological polar surface area (TPSA) is 131 Å². The third kappa shape index (κ3) is 7.17. The lowest BCUT2D eigenvalue weighted by Crippen LogP contribution is -2.49. The molecule has 2 aromatic rings. The Bertz CT molecular complexity index is 1010. The second-order valence-electron chi connectivity index (χ2n) is 8.40. The second-order valence-corrected chi connectivity index (χ2v) is 8.40. The van der Waals surface area contributed by atoms with E-state index in [-0.39, 0.29) is 12.5 Å². The summed E-state index contributed by atoms with van der Waals surface area (Å²) < 4.78 is 5.96. The number of carbonyl (C=O) groups is 3. The number of benzene rings is 2. The zero-order valence-electron chi connectivity index (χ0n) is 19.7. The molecule has 1 saturated heterocycles. The molecular formula is C25H31N3O7. The molecule has 10 heteroatoms. The number of aliphatic hydroxyl groups excluding tert-OH is 1. The van der Waals surface area contributed by atoms with Crippen molar-refractivity contribution in [3.63, 3.8) is 0 Å². The van der Waals surface area contributed by atoms with Crippen molar-refractivity contribution in [3.8, 4) is 5.75 Å². The van der Waals surface area contributed by atoms with Crippen molar-refractivity contribution >= 4 is 29.2 Å². The zero-order chi connectivity index (χ0) is 25.4. The van der Waals surface area contributed by atoms with Gasteiger partial charge in [-0.2, -0.15) is 0 Å². The van der Waals surface area contributed by atoms with Crippen LogP contribution in [-0.2, 0) is 20.8 Å². The van der Waals surface area contributed by atoms with Crippen LogP contribution in [0.15, 0.2) is 48.5 Å². The molecule has 1 atom stereocenters. The first kappa shape index (κ1) is 26.0. The van der Waals surface area contributed by atoms with E-state index in [1.54, 1.807) is 11.9 Å². The maximum absolute atomic E-state index is 11.9. The molecule has 1 unspecified atom stereocenters. The average Bonchev–Trinajstić information content (AvgIpc) is 2.86. The lowest BCUT2D eigenvalue weighted by molar-refractivity contribution is -0.159. The van der Waals surface area contributed by atoms with Gasteiger partial charge in [-0.3, -0.25) is 9.69 Å². The molecule has 2 aromatic carbocycles. The number of anilines is 2. The summed E-state index contributed by atoms with van der Waals surface area (Å²) in [6.07, 6.45) is 0.640. The fraction of sp³-hybridized carbons (Fsp3) is 0.400. The predicted molar refractivity (Wildman–Crippen MR) is 130 cm³/mol. The number of β-amino-alcohol motifs (C(OH)–C–C–N with tert-alkyl or cyclic N) is 1. The highest BCUT2D eigenvalue weighted by molar-refractivity contribution is 6.27. The van der Waals surface area contributed by atoms with Crippen molar-refractivity contribution in [1.82, 2.24) is 4.90 Å².